The summed E-state index contributed by atoms with van der Waals surface area (Å²) in [4.78, 5) is 4.28. The molecule has 7 heteroatoms. The molecule has 1 unspecified atom stereocenters. The second kappa shape index (κ2) is 8.39. The van der Waals surface area contributed by atoms with E-state index in [1.807, 2.05) is 19.2 Å². The number of likely N-dealkylation sites (N-methyl/N-ethyl adjacent to an activating group) is 1. The fraction of sp³-hybridized carbons (Fsp3) is 0.286. The molecule has 0 saturated heterocycles. The van der Waals surface area contributed by atoms with Gasteiger partial charge in [-0.2, -0.15) is 4.98 Å². The number of hydrogen-bond donors (Lipinski definition) is 1. The van der Waals surface area contributed by atoms with Crippen LogP contribution in [0.5, 0.6) is 0 Å². The van der Waals surface area contributed by atoms with Crippen LogP contribution >= 0.6 is 35.6 Å². The first-order valence-electron chi connectivity index (χ1n) is 6.22. The lowest BCUT2D eigenvalue weighted by Crippen LogP contribution is -2.24. The molecule has 0 radical (unpaired) electrons. The van der Waals surface area contributed by atoms with Gasteiger partial charge in [-0.3, -0.25) is 0 Å². The van der Waals surface area contributed by atoms with Crippen molar-refractivity contribution < 1.29 is 4.52 Å². The Hall–Kier alpha value is -1.07. The largest absolute Gasteiger partial charge is 0.335 e. The maximum Gasteiger partial charge on any atom is 0.250 e. The van der Waals surface area contributed by atoms with Crippen LogP contribution in [0.2, 0.25) is 10.0 Å². The molecule has 2 rings (SSSR count). The molecule has 4 nitrogen and oxygen atoms in total. The summed E-state index contributed by atoms with van der Waals surface area (Å²) in [6, 6.07) is 5.74. The Labute approximate surface area is 139 Å². The molecule has 0 aliphatic carbocycles. The first kappa shape index (κ1) is 18.0. The summed E-state index contributed by atoms with van der Waals surface area (Å²) < 4.78 is 5.15. The zero-order valence-corrected chi connectivity index (χ0v) is 14.0. The van der Waals surface area contributed by atoms with E-state index in [4.69, 9.17) is 27.7 Å². The average molecular weight is 349 g/mol. The van der Waals surface area contributed by atoms with Crippen molar-refractivity contribution in [2.24, 2.45) is 0 Å². The van der Waals surface area contributed by atoms with Gasteiger partial charge in [0.05, 0.1) is 10.0 Å². The van der Waals surface area contributed by atoms with Gasteiger partial charge >= 0.3 is 0 Å². The Balaban J connectivity index is 0.00000220. The van der Waals surface area contributed by atoms with Crippen LogP contribution in [0.4, 0.5) is 0 Å². The monoisotopic (exact) mass is 347 g/mol. The van der Waals surface area contributed by atoms with Crippen LogP contribution in [0, 0.1) is 0 Å². The van der Waals surface area contributed by atoms with Crippen molar-refractivity contribution in [2.75, 3.05) is 7.05 Å². The van der Waals surface area contributed by atoms with E-state index in [9.17, 15) is 0 Å². The molecule has 0 bridgehead atoms. The first-order valence-corrected chi connectivity index (χ1v) is 6.97. The summed E-state index contributed by atoms with van der Waals surface area (Å²) in [6.07, 6.45) is 4.23. The van der Waals surface area contributed by atoms with Gasteiger partial charge in [0.1, 0.15) is 0 Å². The Morgan fingerprint density at radius 3 is 2.81 bits per heavy atom. The summed E-state index contributed by atoms with van der Waals surface area (Å²) in [5, 5.41) is 8.07. The van der Waals surface area contributed by atoms with Crippen molar-refractivity contribution in [1.29, 1.82) is 0 Å². The standard InChI is InChI=1S/C14H15Cl2N3O.ClH/c1-9(17-2)8-12-18-13(20-19-12)7-6-10-4-3-5-11(15)14(10)16;/h3-7,9,17H,8H2,1-2H3;1H/b7-6+;. The van der Waals surface area contributed by atoms with Gasteiger partial charge in [0, 0.05) is 18.5 Å². The highest BCUT2D eigenvalue weighted by Gasteiger charge is 2.08. The van der Waals surface area contributed by atoms with E-state index in [0.717, 1.165) is 5.56 Å². The summed E-state index contributed by atoms with van der Waals surface area (Å²) in [7, 11) is 1.90. The summed E-state index contributed by atoms with van der Waals surface area (Å²) >= 11 is 12.0. The van der Waals surface area contributed by atoms with Gasteiger partial charge in [-0.1, -0.05) is 40.5 Å². The van der Waals surface area contributed by atoms with Gasteiger partial charge in [0.2, 0.25) is 0 Å². The molecule has 0 spiro atoms. The van der Waals surface area contributed by atoms with Crippen LogP contribution in [0.15, 0.2) is 22.7 Å². The number of rotatable bonds is 5. The Morgan fingerprint density at radius 2 is 2.10 bits per heavy atom. The first-order chi connectivity index (χ1) is 9.60. The molecule has 1 N–H and O–H groups in total. The molecule has 0 aliphatic rings. The maximum absolute atomic E-state index is 6.09. The number of hydrogen-bond acceptors (Lipinski definition) is 4. The van der Waals surface area contributed by atoms with Crippen molar-refractivity contribution in [2.45, 2.75) is 19.4 Å². The van der Waals surface area contributed by atoms with Crippen LogP contribution in [-0.4, -0.2) is 23.2 Å². The van der Waals surface area contributed by atoms with Crippen LogP contribution in [0.3, 0.4) is 0 Å². The molecule has 1 heterocycles. The fourth-order valence-electron chi connectivity index (χ4n) is 1.60. The predicted octanol–water partition coefficient (Wildman–Crippen LogP) is 4.12. The Bertz CT molecular complexity index is 613. The van der Waals surface area contributed by atoms with Gasteiger partial charge < -0.3 is 9.84 Å². The zero-order chi connectivity index (χ0) is 14.5. The number of benzene rings is 1. The maximum atomic E-state index is 6.09. The Kier molecular flexibility index (Phi) is 7.18. The van der Waals surface area contributed by atoms with Crippen LogP contribution in [-0.2, 0) is 6.42 Å². The molecule has 1 aromatic heterocycles. The molecular weight excluding hydrogens is 333 g/mol. The fourth-order valence-corrected chi connectivity index (χ4v) is 1.98. The normalized spacial score (nSPS) is 12.4. The second-order valence-corrected chi connectivity index (χ2v) is 5.20. The smallest absolute Gasteiger partial charge is 0.250 e. The van der Waals surface area contributed by atoms with Crippen molar-refractivity contribution in [1.82, 2.24) is 15.5 Å². The lowest BCUT2D eigenvalue weighted by Gasteiger charge is -2.04. The molecule has 114 valence electrons. The Morgan fingerprint density at radius 1 is 1.33 bits per heavy atom. The minimum Gasteiger partial charge on any atom is -0.335 e. The van der Waals surface area contributed by atoms with E-state index in [1.54, 1.807) is 18.2 Å². The van der Waals surface area contributed by atoms with Crippen LogP contribution in [0.1, 0.15) is 24.2 Å². The topological polar surface area (TPSA) is 51.0 Å². The number of halogens is 3. The molecule has 0 saturated carbocycles. The minimum atomic E-state index is 0. The molecule has 1 atom stereocenters. The average Bonchev–Trinajstić information content (AvgIpc) is 2.88. The summed E-state index contributed by atoms with van der Waals surface area (Å²) in [6.45, 7) is 2.05. The van der Waals surface area contributed by atoms with Crippen LogP contribution in [0.25, 0.3) is 12.2 Å². The SMILES string of the molecule is CNC(C)Cc1noc(/C=C/c2cccc(Cl)c2Cl)n1.Cl. The number of aromatic nitrogens is 2. The minimum absolute atomic E-state index is 0. The molecule has 0 amide bonds. The van der Waals surface area contributed by atoms with Gasteiger partial charge in [-0.25, -0.2) is 0 Å². The third-order valence-corrected chi connectivity index (χ3v) is 3.69. The van der Waals surface area contributed by atoms with Gasteiger partial charge in [0.25, 0.3) is 5.89 Å². The van der Waals surface area contributed by atoms with E-state index in [1.165, 1.54) is 0 Å². The van der Waals surface area contributed by atoms with E-state index in [2.05, 4.69) is 22.4 Å². The van der Waals surface area contributed by atoms with E-state index < -0.39 is 0 Å². The third-order valence-electron chi connectivity index (χ3n) is 2.85. The van der Waals surface area contributed by atoms with E-state index in [0.29, 0.717) is 34.2 Å². The lowest BCUT2D eigenvalue weighted by molar-refractivity contribution is 0.400. The number of nitrogens with zero attached hydrogens (tertiary/aromatic N) is 2. The predicted molar refractivity (Wildman–Crippen MR) is 89.2 cm³/mol. The molecule has 2 aromatic rings. The quantitative estimate of drug-likeness (QED) is 0.883. The highest BCUT2D eigenvalue weighted by Crippen LogP contribution is 2.26. The van der Waals surface area contributed by atoms with Crippen molar-refractivity contribution in [3.63, 3.8) is 0 Å². The lowest BCUT2D eigenvalue weighted by atomic mass is 10.2. The van der Waals surface area contributed by atoms with E-state index in [-0.39, 0.29) is 12.4 Å². The molecule has 0 aliphatic heterocycles. The molecular formula is C14H16Cl3N3O. The highest BCUT2D eigenvalue weighted by molar-refractivity contribution is 6.42. The molecule has 1 aromatic carbocycles. The summed E-state index contributed by atoms with van der Waals surface area (Å²) in [5.41, 5.74) is 0.808. The van der Waals surface area contributed by atoms with Crippen molar-refractivity contribution in [3.05, 3.63) is 45.5 Å². The van der Waals surface area contributed by atoms with Gasteiger partial charge in [0.15, 0.2) is 5.82 Å². The van der Waals surface area contributed by atoms with Crippen molar-refractivity contribution >= 4 is 47.8 Å². The highest BCUT2D eigenvalue weighted by atomic mass is 35.5. The zero-order valence-electron chi connectivity index (χ0n) is 11.6. The molecule has 21 heavy (non-hydrogen) atoms. The van der Waals surface area contributed by atoms with E-state index >= 15 is 0 Å². The van der Waals surface area contributed by atoms with Gasteiger partial charge in [-0.05, 0) is 31.7 Å². The summed E-state index contributed by atoms with van der Waals surface area (Å²) in [5.74, 6) is 1.11. The van der Waals surface area contributed by atoms with Crippen LogP contribution < -0.4 is 5.32 Å². The van der Waals surface area contributed by atoms with Gasteiger partial charge in [-0.15, -0.1) is 12.4 Å². The number of nitrogens with one attached hydrogen (secondary N) is 1. The second-order valence-electron chi connectivity index (χ2n) is 4.42. The van der Waals surface area contributed by atoms with Crippen molar-refractivity contribution in [3.8, 4) is 0 Å². The third kappa shape index (κ3) is 5.00. The molecule has 0 fully saturated rings.